The van der Waals surface area contributed by atoms with Gasteiger partial charge in [-0.1, -0.05) is 0 Å². The summed E-state index contributed by atoms with van der Waals surface area (Å²) in [6, 6.07) is 4.35. The molecule has 1 aromatic carbocycles. The van der Waals surface area contributed by atoms with Gasteiger partial charge in [-0.25, -0.2) is 9.37 Å². The molecule has 1 N–H and O–H groups in total. The Bertz CT molecular complexity index is 697. The van der Waals surface area contributed by atoms with E-state index in [4.69, 9.17) is 9.47 Å². The van der Waals surface area contributed by atoms with Crippen LogP contribution in [0.5, 0.6) is 0 Å². The molecular formula is C17H22FN3O3. The van der Waals surface area contributed by atoms with Crippen molar-refractivity contribution in [2.24, 2.45) is 0 Å². The van der Waals surface area contributed by atoms with Crippen LogP contribution in [0.3, 0.4) is 0 Å². The van der Waals surface area contributed by atoms with Gasteiger partial charge < -0.3 is 19.4 Å². The van der Waals surface area contributed by atoms with E-state index < -0.39 is 0 Å². The molecule has 1 atom stereocenters. The predicted octanol–water partition coefficient (Wildman–Crippen LogP) is 2.25. The van der Waals surface area contributed by atoms with Crippen molar-refractivity contribution in [2.75, 3.05) is 26.8 Å². The van der Waals surface area contributed by atoms with Gasteiger partial charge in [0.25, 0.3) is 0 Å². The summed E-state index contributed by atoms with van der Waals surface area (Å²) in [7, 11) is 1.76. The van der Waals surface area contributed by atoms with Crippen molar-refractivity contribution < 1.29 is 18.7 Å². The van der Waals surface area contributed by atoms with Gasteiger partial charge in [0.15, 0.2) is 0 Å². The number of likely N-dealkylation sites (N-methyl/N-ethyl adjacent to an activating group) is 1. The van der Waals surface area contributed by atoms with Crippen LogP contribution in [-0.4, -0.2) is 53.7 Å². The van der Waals surface area contributed by atoms with E-state index in [1.54, 1.807) is 18.0 Å². The van der Waals surface area contributed by atoms with Gasteiger partial charge in [0.1, 0.15) is 24.9 Å². The lowest BCUT2D eigenvalue weighted by Crippen LogP contribution is -2.38. The average Bonchev–Trinajstić information content (AvgIpc) is 2.97. The van der Waals surface area contributed by atoms with Gasteiger partial charge in [0.05, 0.1) is 17.1 Å². The van der Waals surface area contributed by atoms with Gasteiger partial charge in [-0.15, -0.1) is 0 Å². The molecule has 1 aromatic heterocycles. The van der Waals surface area contributed by atoms with Crippen LogP contribution in [-0.2, 0) is 20.9 Å². The highest BCUT2D eigenvalue weighted by molar-refractivity contribution is 5.77. The molecule has 2 heterocycles. The fourth-order valence-electron chi connectivity index (χ4n) is 2.81. The number of carbonyl (C=O) groups is 1. The molecule has 2 aromatic rings. The van der Waals surface area contributed by atoms with Gasteiger partial charge in [-0.2, -0.15) is 0 Å². The number of fused-ring (bicyclic) bond motifs is 1. The number of amides is 1. The molecule has 0 spiro atoms. The van der Waals surface area contributed by atoms with E-state index in [0.717, 1.165) is 25.9 Å². The first-order valence-corrected chi connectivity index (χ1v) is 8.19. The van der Waals surface area contributed by atoms with Crippen LogP contribution in [0.4, 0.5) is 4.39 Å². The second kappa shape index (κ2) is 7.72. The van der Waals surface area contributed by atoms with E-state index in [1.807, 2.05) is 0 Å². The molecular weight excluding hydrogens is 313 g/mol. The molecule has 7 heteroatoms. The molecule has 0 bridgehead atoms. The Hall–Kier alpha value is -1.99. The molecule has 3 rings (SSSR count). The SMILES string of the molecule is CN(CC1CCCCO1)C(=O)COCc1nc2ccc(F)cc2[nH]1. The number of H-pyrrole nitrogens is 1. The van der Waals surface area contributed by atoms with E-state index in [1.165, 1.54) is 12.1 Å². The van der Waals surface area contributed by atoms with Gasteiger partial charge >= 0.3 is 0 Å². The topological polar surface area (TPSA) is 67.4 Å². The number of aromatic nitrogens is 2. The normalized spacial score (nSPS) is 18.0. The van der Waals surface area contributed by atoms with Crippen LogP contribution in [0.2, 0.25) is 0 Å². The summed E-state index contributed by atoms with van der Waals surface area (Å²) in [5.74, 6) is 0.161. The highest BCUT2D eigenvalue weighted by Crippen LogP contribution is 2.14. The highest BCUT2D eigenvalue weighted by Gasteiger charge is 2.18. The maximum absolute atomic E-state index is 13.1. The molecule has 1 amide bonds. The smallest absolute Gasteiger partial charge is 0.248 e. The van der Waals surface area contributed by atoms with E-state index in [0.29, 0.717) is 23.4 Å². The van der Waals surface area contributed by atoms with E-state index in [9.17, 15) is 9.18 Å². The third-order valence-electron chi connectivity index (χ3n) is 4.13. The summed E-state index contributed by atoms with van der Waals surface area (Å²) < 4.78 is 24.2. The number of hydrogen-bond acceptors (Lipinski definition) is 4. The molecule has 0 saturated carbocycles. The first-order valence-electron chi connectivity index (χ1n) is 8.19. The number of rotatable bonds is 6. The van der Waals surface area contributed by atoms with Crippen molar-refractivity contribution in [3.63, 3.8) is 0 Å². The number of nitrogens with one attached hydrogen (secondary N) is 1. The summed E-state index contributed by atoms with van der Waals surface area (Å²) in [5.41, 5.74) is 1.29. The third-order valence-corrected chi connectivity index (χ3v) is 4.13. The zero-order valence-corrected chi connectivity index (χ0v) is 13.8. The second-order valence-corrected chi connectivity index (χ2v) is 6.10. The highest BCUT2D eigenvalue weighted by atomic mass is 19.1. The molecule has 1 aliphatic rings. The van der Waals surface area contributed by atoms with Crippen LogP contribution in [0.15, 0.2) is 18.2 Å². The Balaban J connectivity index is 1.45. The monoisotopic (exact) mass is 335 g/mol. The Labute approximate surface area is 139 Å². The van der Waals surface area contributed by atoms with Crippen LogP contribution < -0.4 is 0 Å². The quantitative estimate of drug-likeness (QED) is 0.879. The van der Waals surface area contributed by atoms with Crippen LogP contribution in [0.1, 0.15) is 25.1 Å². The second-order valence-electron chi connectivity index (χ2n) is 6.10. The number of benzene rings is 1. The lowest BCUT2D eigenvalue weighted by Gasteiger charge is -2.27. The van der Waals surface area contributed by atoms with Crippen molar-refractivity contribution in [2.45, 2.75) is 32.0 Å². The number of carbonyl (C=O) groups excluding carboxylic acids is 1. The Kier molecular flexibility index (Phi) is 5.42. The van der Waals surface area contributed by atoms with Crippen LogP contribution in [0.25, 0.3) is 11.0 Å². The Morgan fingerprint density at radius 3 is 3.17 bits per heavy atom. The Morgan fingerprint density at radius 2 is 2.38 bits per heavy atom. The van der Waals surface area contributed by atoms with E-state index in [2.05, 4.69) is 9.97 Å². The Morgan fingerprint density at radius 1 is 1.50 bits per heavy atom. The minimum absolute atomic E-state index is 0.0192. The molecule has 6 nitrogen and oxygen atoms in total. The zero-order valence-electron chi connectivity index (χ0n) is 13.8. The molecule has 1 fully saturated rings. The first kappa shape index (κ1) is 16.9. The van der Waals surface area contributed by atoms with Crippen molar-refractivity contribution in [3.05, 3.63) is 29.8 Å². The van der Waals surface area contributed by atoms with Crippen LogP contribution >= 0.6 is 0 Å². The summed E-state index contributed by atoms with van der Waals surface area (Å²) in [5, 5.41) is 0. The zero-order chi connectivity index (χ0) is 16.9. The van der Waals surface area contributed by atoms with Gasteiger partial charge in [0.2, 0.25) is 5.91 Å². The number of ether oxygens (including phenoxy) is 2. The fourth-order valence-corrected chi connectivity index (χ4v) is 2.81. The minimum atomic E-state index is -0.319. The van der Waals surface area contributed by atoms with Gasteiger partial charge in [-0.3, -0.25) is 4.79 Å². The van der Waals surface area contributed by atoms with Crippen molar-refractivity contribution in [1.29, 1.82) is 0 Å². The predicted molar refractivity (Wildman–Crippen MR) is 86.9 cm³/mol. The molecule has 0 aliphatic carbocycles. The molecule has 130 valence electrons. The van der Waals surface area contributed by atoms with Crippen molar-refractivity contribution in [1.82, 2.24) is 14.9 Å². The molecule has 24 heavy (non-hydrogen) atoms. The van der Waals surface area contributed by atoms with E-state index in [-0.39, 0.29) is 31.0 Å². The van der Waals surface area contributed by atoms with Gasteiger partial charge in [-0.05, 0) is 37.5 Å². The third kappa shape index (κ3) is 4.30. The number of halogens is 1. The lowest BCUT2D eigenvalue weighted by atomic mass is 10.1. The summed E-state index contributed by atoms with van der Waals surface area (Å²) in [6.45, 7) is 1.52. The number of aromatic amines is 1. The molecule has 0 radical (unpaired) electrons. The van der Waals surface area contributed by atoms with E-state index >= 15 is 0 Å². The van der Waals surface area contributed by atoms with Crippen molar-refractivity contribution in [3.8, 4) is 0 Å². The largest absolute Gasteiger partial charge is 0.376 e. The number of imidazole rings is 1. The minimum Gasteiger partial charge on any atom is -0.376 e. The van der Waals surface area contributed by atoms with Crippen molar-refractivity contribution >= 4 is 16.9 Å². The van der Waals surface area contributed by atoms with Gasteiger partial charge in [0, 0.05) is 20.2 Å². The number of nitrogens with zero attached hydrogens (tertiary/aromatic N) is 2. The first-order chi connectivity index (χ1) is 11.6. The maximum Gasteiger partial charge on any atom is 0.248 e. The summed E-state index contributed by atoms with van der Waals surface area (Å²) >= 11 is 0. The molecule has 1 aliphatic heterocycles. The maximum atomic E-state index is 13.1. The summed E-state index contributed by atoms with van der Waals surface area (Å²) in [6.07, 6.45) is 3.36. The molecule has 1 saturated heterocycles. The standard InChI is InChI=1S/C17H22FN3O3/c1-21(9-13-4-2-3-7-24-13)17(22)11-23-10-16-19-14-6-5-12(18)8-15(14)20-16/h5-6,8,13H,2-4,7,9-11H2,1H3,(H,19,20). The van der Waals surface area contributed by atoms with Crippen LogP contribution in [0, 0.1) is 5.82 Å². The molecule has 1 unspecified atom stereocenters. The number of hydrogen-bond donors (Lipinski definition) is 1. The fraction of sp³-hybridized carbons (Fsp3) is 0.529. The lowest BCUT2D eigenvalue weighted by molar-refractivity contribution is -0.137. The average molecular weight is 335 g/mol. The summed E-state index contributed by atoms with van der Waals surface area (Å²) in [4.78, 5) is 21.0.